The van der Waals surface area contributed by atoms with Gasteiger partial charge in [-0.1, -0.05) is 6.42 Å². The van der Waals surface area contributed by atoms with Crippen molar-refractivity contribution in [1.82, 2.24) is 10.3 Å². The first-order valence-corrected chi connectivity index (χ1v) is 7.33. The summed E-state index contributed by atoms with van der Waals surface area (Å²) in [5, 5.41) is 7.12. The summed E-state index contributed by atoms with van der Waals surface area (Å²) in [6, 6.07) is 0.818. The normalized spacial score (nSPS) is 32.4. The quantitative estimate of drug-likeness (QED) is 0.869. The highest BCUT2D eigenvalue weighted by molar-refractivity contribution is 7.09. The lowest BCUT2D eigenvalue weighted by Gasteiger charge is -2.22. The summed E-state index contributed by atoms with van der Waals surface area (Å²) < 4.78 is 0. The van der Waals surface area contributed by atoms with Crippen LogP contribution >= 0.6 is 11.3 Å². The number of rotatable bonds is 4. The highest BCUT2D eigenvalue weighted by Crippen LogP contribution is 2.44. The summed E-state index contributed by atoms with van der Waals surface area (Å²) in [6.45, 7) is 3.19. The van der Waals surface area contributed by atoms with Crippen molar-refractivity contribution in [3.63, 3.8) is 0 Å². The van der Waals surface area contributed by atoms with Gasteiger partial charge in [-0.15, -0.1) is 11.3 Å². The maximum Gasteiger partial charge on any atom is 0.0897 e. The van der Waals surface area contributed by atoms with Gasteiger partial charge in [0, 0.05) is 24.4 Å². The first-order chi connectivity index (χ1) is 7.81. The van der Waals surface area contributed by atoms with Crippen molar-refractivity contribution >= 4 is 11.3 Å². The molecule has 1 aromatic rings. The second-order valence-corrected chi connectivity index (χ2v) is 6.41. The van der Waals surface area contributed by atoms with Crippen LogP contribution in [0.4, 0.5) is 0 Å². The number of fused-ring (bicyclic) bond motifs is 2. The van der Waals surface area contributed by atoms with E-state index in [0.717, 1.165) is 30.8 Å². The van der Waals surface area contributed by atoms with Crippen LogP contribution in [0.15, 0.2) is 5.38 Å². The van der Waals surface area contributed by atoms with Gasteiger partial charge in [-0.3, -0.25) is 0 Å². The van der Waals surface area contributed by atoms with Gasteiger partial charge in [0.2, 0.25) is 0 Å². The zero-order valence-electron chi connectivity index (χ0n) is 9.91. The van der Waals surface area contributed by atoms with Crippen molar-refractivity contribution in [3.8, 4) is 0 Å². The van der Waals surface area contributed by atoms with Gasteiger partial charge in [0.05, 0.1) is 10.7 Å². The predicted octanol–water partition coefficient (Wildman–Crippen LogP) is 2.77. The van der Waals surface area contributed by atoms with Gasteiger partial charge in [-0.2, -0.15) is 0 Å². The van der Waals surface area contributed by atoms with Crippen LogP contribution in [-0.4, -0.2) is 17.6 Å². The molecule has 2 saturated carbocycles. The van der Waals surface area contributed by atoms with Gasteiger partial charge in [-0.25, -0.2) is 4.98 Å². The minimum Gasteiger partial charge on any atom is -0.313 e. The van der Waals surface area contributed by atoms with Gasteiger partial charge in [0.25, 0.3) is 0 Å². The third kappa shape index (κ3) is 2.16. The molecular weight excluding hydrogens is 216 g/mol. The Kier molecular flexibility index (Phi) is 2.99. The minimum absolute atomic E-state index is 0.818. The van der Waals surface area contributed by atoms with Gasteiger partial charge in [0.1, 0.15) is 0 Å². The van der Waals surface area contributed by atoms with Crippen LogP contribution in [0.2, 0.25) is 0 Å². The molecule has 0 spiro atoms. The topological polar surface area (TPSA) is 24.9 Å². The molecule has 1 aromatic heterocycles. The molecule has 2 bridgehead atoms. The summed E-state index contributed by atoms with van der Waals surface area (Å²) in [6.07, 6.45) is 6.98. The third-order valence-electron chi connectivity index (χ3n) is 4.19. The molecule has 0 radical (unpaired) electrons. The smallest absolute Gasteiger partial charge is 0.0897 e. The monoisotopic (exact) mass is 236 g/mol. The van der Waals surface area contributed by atoms with Crippen LogP contribution in [-0.2, 0) is 6.42 Å². The first-order valence-electron chi connectivity index (χ1n) is 6.45. The van der Waals surface area contributed by atoms with E-state index < -0.39 is 0 Å². The highest BCUT2D eigenvalue weighted by atomic mass is 32.1. The van der Waals surface area contributed by atoms with E-state index in [1.807, 2.05) is 0 Å². The van der Waals surface area contributed by atoms with E-state index >= 15 is 0 Å². The van der Waals surface area contributed by atoms with Crippen LogP contribution in [0.1, 0.15) is 36.4 Å². The molecule has 2 nitrogen and oxygen atoms in total. The second-order valence-electron chi connectivity index (χ2n) is 5.34. The van der Waals surface area contributed by atoms with Crippen LogP contribution in [0.25, 0.3) is 0 Å². The van der Waals surface area contributed by atoms with Crippen LogP contribution < -0.4 is 5.32 Å². The molecule has 16 heavy (non-hydrogen) atoms. The number of nitrogens with zero attached hydrogens (tertiary/aromatic N) is 1. The lowest BCUT2D eigenvalue weighted by atomic mass is 9.95. The Morgan fingerprint density at radius 1 is 1.44 bits per heavy atom. The Bertz CT molecular complexity index is 361. The Labute approximate surface area is 101 Å². The first kappa shape index (κ1) is 10.7. The number of nitrogens with one attached hydrogen (secondary N) is 1. The third-order valence-corrected chi connectivity index (χ3v) is 5.01. The Morgan fingerprint density at radius 2 is 2.38 bits per heavy atom. The molecule has 2 aliphatic carbocycles. The van der Waals surface area contributed by atoms with E-state index in [1.165, 1.54) is 36.4 Å². The zero-order chi connectivity index (χ0) is 11.0. The van der Waals surface area contributed by atoms with E-state index in [4.69, 9.17) is 0 Å². The van der Waals surface area contributed by atoms with Gasteiger partial charge in [0.15, 0.2) is 0 Å². The molecule has 3 atom stereocenters. The molecule has 3 rings (SSSR count). The fraction of sp³-hybridized carbons (Fsp3) is 0.769. The van der Waals surface area contributed by atoms with Crippen LogP contribution in [0.3, 0.4) is 0 Å². The number of hydrogen-bond donors (Lipinski definition) is 1. The van der Waals surface area contributed by atoms with Gasteiger partial charge >= 0.3 is 0 Å². The fourth-order valence-corrected chi connectivity index (χ4v) is 4.05. The van der Waals surface area contributed by atoms with E-state index in [9.17, 15) is 0 Å². The number of thiazole rings is 1. The van der Waals surface area contributed by atoms with Gasteiger partial charge in [-0.05, 0) is 38.0 Å². The molecule has 2 fully saturated rings. The largest absolute Gasteiger partial charge is 0.313 e. The number of aromatic nitrogens is 1. The molecule has 0 saturated heterocycles. The summed E-state index contributed by atoms with van der Waals surface area (Å²) in [7, 11) is 0. The van der Waals surface area contributed by atoms with Crippen molar-refractivity contribution in [1.29, 1.82) is 0 Å². The summed E-state index contributed by atoms with van der Waals surface area (Å²) in [5.74, 6) is 2.03. The lowest BCUT2D eigenvalue weighted by molar-refractivity contribution is 0.354. The molecule has 88 valence electrons. The van der Waals surface area contributed by atoms with Crippen molar-refractivity contribution in [2.45, 2.75) is 45.1 Å². The summed E-state index contributed by atoms with van der Waals surface area (Å²) in [4.78, 5) is 4.50. The van der Waals surface area contributed by atoms with Crippen molar-refractivity contribution in [2.24, 2.45) is 11.8 Å². The maximum absolute atomic E-state index is 4.50. The SMILES string of the molecule is Cc1nc(CCN[C@H]2C[C@H]3CC[C@H]2C3)cs1. The Balaban J connectivity index is 1.44. The number of hydrogen-bond acceptors (Lipinski definition) is 3. The van der Waals surface area contributed by atoms with Gasteiger partial charge < -0.3 is 5.32 Å². The molecule has 2 aliphatic rings. The second kappa shape index (κ2) is 4.46. The van der Waals surface area contributed by atoms with Crippen molar-refractivity contribution in [3.05, 3.63) is 16.1 Å². The zero-order valence-corrected chi connectivity index (χ0v) is 10.7. The Morgan fingerprint density at radius 3 is 3.00 bits per heavy atom. The summed E-state index contributed by atoms with van der Waals surface area (Å²) >= 11 is 1.76. The maximum atomic E-state index is 4.50. The highest BCUT2D eigenvalue weighted by Gasteiger charge is 2.38. The molecule has 0 aliphatic heterocycles. The summed E-state index contributed by atoms with van der Waals surface area (Å²) in [5.41, 5.74) is 1.26. The van der Waals surface area contributed by atoms with Crippen LogP contribution in [0.5, 0.6) is 0 Å². The number of aryl methyl sites for hydroxylation is 1. The predicted molar refractivity (Wildman–Crippen MR) is 67.8 cm³/mol. The molecule has 0 unspecified atom stereocenters. The van der Waals surface area contributed by atoms with Crippen LogP contribution in [0, 0.1) is 18.8 Å². The molecule has 3 heteroatoms. The molecule has 0 aromatic carbocycles. The van der Waals surface area contributed by atoms with E-state index in [2.05, 4.69) is 22.6 Å². The van der Waals surface area contributed by atoms with E-state index in [1.54, 1.807) is 11.3 Å². The molecule has 0 amide bonds. The lowest BCUT2D eigenvalue weighted by Crippen LogP contribution is -2.35. The molecule has 1 N–H and O–H groups in total. The van der Waals surface area contributed by atoms with E-state index in [0.29, 0.717) is 0 Å². The molecular formula is C13H20N2S. The van der Waals surface area contributed by atoms with E-state index in [-0.39, 0.29) is 0 Å². The minimum atomic E-state index is 0.818. The van der Waals surface area contributed by atoms with Crippen molar-refractivity contribution in [2.75, 3.05) is 6.54 Å². The molecule has 1 heterocycles. The fourth-order valence-electron chi connectivity index (χ4n) is 3.40. The standard InChI is InChI=1S/C13H20N2S/c1-9-15-12(8-16-9)4-5-14-13-7-10-2-3-11(13)6-10/h8,10-11,13-14H,2-7H2,1H3/t10-,11-,13-/m0/s1. The Hall–Kier alpha value is -0.410. The average Bonchev–Trinajstić information content (AvgIpc) is 2.94. The van der Waals surface area contributed by atoms with Crippen molar-refractivity contribution < 1.29 is 0 Å². The average molecular weight is 236 g/mol.